The zero-order chi connectivity index (χ0) is 12.3. The number of hydrogen-bond acceptors (Lipinski definition) is 2. The van der Waals surface area contributed by atoms with Crippen LogP contribution in [0.5, 0.6) is 5.75 Å². The highest BCUT2D eigenvalue weighted by atomic mass is 35.5. The van der Waals surface area contributed by atoms with Crippen LogP contribution in [-0.4, -0.2) is 13.3 Å². The third-order valence-electron chi connectivity index (χ3n) is 2.06. The van der Waals surface area contributed by atoms with Gasteiger partial charge in [0.1, 0.15) is 0 Å². The summed E-state index contributed by atoms with van der Waals surface area (Å²) in [7, 11) is 1.27. The molecule has 2 N–H and O–H groups in total. The highest BCUT2D eigenvalue weighted by Crippen LogP contribution is 2.29. The second-order valence-electron chi connectivity index (χ2n) is 3.32. The Hall–Kier alpha value is -1.01. The van der Waals surface area contributed by atoms with Crippen molar-refractivity contribution in [1.29, 1.82) is 0 Å². The number of halogens is 5. The first-order valence-electron chi connectivity index (χ1n) is 4.49. The quantitative estimate of drug-likeness (QED) is 0.859. The number of methoxy groups -OCH3 is 1. The van der Waals surface area contributed by atoms with Crippen LogP contribution in [-0.2, 0) is 0 Å². The van der Waals surface area contributed by atoms with Gasteiger partial charge in [0.25, 0.3) is 0 Å². The van der Waals surface area contributed by atoms with Crippen molar-refractivity contribution in [3.05, 3.63) is 29.6 Å². The van der Waals surface area contributed by atoms with Crippen LogP contribution < -0.4 is 10.5 Å². The van der Waals surface area contributed by atoms with Crippen LogP contribution in [0.25, 0.3) is 0 Å². The van der Waals surface area contributed by atoms with E-state index in [0.717, 1.165) is 6.07 Å². The molecule has 0 aliphatic carbocycles. The Morgan fingerprint density at radius 1 is 1.35 bits per heavy atom. The number of ether oxygens (including phenoxy) is 1. The van der Waals surface area contributed by atoms with Crippen LogP contribution in [0.4, 0.5) is 17.6 Å². The molecule has 0 radical (unpaired) electrons. The summed E-state index contributed by atoms with van der Waals surface area (Å²) in [6.45, 7) is 0. The van der Waals surface area contributed by atoms with Gasteiger partial charge in [-0.15, -0.1) is 12.4 Å². The molecule has 0 amide bonds. The maximum atomic E-state index is 13.2. The zero-order valence-electron chi connectivity index (χ0n) is 8.92. The lowest BCUT2D eigenvalue weighted by atomic mass is 10.0. The average Bonchev–Trinajstić information content (AvgIpc) is 2.15. The van der Waals surface area contributed by atoms with Crippen LogP contribution in [0.2, 0.25) is 0 Å². The van der Waals surface area contributed by atoms with E-state index >= 15 is 0 Å². The number of benzene rings is 1. The maximum absolute atomic E-state index is 13.2. The molecule has 1 aromatic carbocycles. The van der Waals surface area contributed by atoms with Gasteiger partial charge in [-0.25, -0.2) is 4.39 Å². The molecule has 0 aliphatic rings. The molecule has 7 heteroatoms. The van der Waals surface area contributed by atoms with Crippen LogP contribution in [0.15, 0.2) is 18.2 Å². The first kappa shape index (κ1) is 16.0. The summed E-state index contributed by atoms with van der Waals surface area (Å²) in [6.07, 6.45) is -5.55. The summed E-state index contributed by atoms with van der Waals surface area (Å²) in [5, 5.41) is 0. The van der Waals surface area contributed by atoms with Crippen molar-refractivity contribution in [2.45, 2.75) is 18.6 Å². The van der Waals surface area contributed by atoms with E-state index in [1.165, 1.54) is 19.2 Å². The van der Waals surface area contributed by atoms with Gasteiger partial charge < -0.3 is 10.5 Å². The molecule has 0 fully saturated rings. The predicted octanol–water partition coefficient (Wildman–Crippen LogP) is 3.21. The first-order valence-corrected chi connectivity index (χ1v) is 4.49. The lowest BCUT2D eigenvalue weighted by molar-refractivity contribution is -0.138. The molecule has 0 unspecified atom stereocenters. The fourth-order valence-corrected chi connectivity index (χ4v) is 1.28. The second kappa shape index (κ2) is 6.07. The molecule has 1 rings (SSSR count). The van der Waals surface area contributed by atoms with Gasteiger partial charge in [-0.3, -0.25) is 0 Å². The highest BCUT2D eigenvalue weighted by molar-refractivity contribution is 5.85. The number of hydrogen-bond donors (Lipinski definition) is 1. The third-order valence-corrected chi connectivity index (χ3v) is 2.06. The molecule has 17 heavy (non-hydrogen) atoms. The maximum Gasteiger partial charge on any atom is 0.390 e. The minimum atomic E-state index is -4.37. The van der Waals surface area contributed by atoms with Gasteiger partial charge in [0.05, 0.1) is 13.5 Å². The molecular weight excluding hydrogens is 262 g/mol. The van der Waals surface area contributed by atoms with Gasteiger partial charge in [0.2, 0.25) is 0 Å². The largest absolute Gasteiger partial charge is 0.494 e. The Morgan fingerprint density at radius 3 is 2.35 bits per heavy atom. The topological polar surface area (TPSA) is 35.2 Å². The molecule has 0 bridgehead atoms. The van der Waals surface area contributed by atoms with Crippen molar-refractivity contribution in [3.63, 3.8) is 0 Å². The van der Waals surface area contributed by atoms with E-state index in [4.69, 9.17) is 5.73 Å². The van der Waals surface area contributed by atoms with Gasteiger partial charge in [-0.1, -0.05) is 6.07 Å². The van der Waals surface area contributed by atoms with Gasteiger partial charge in [0, 0.05) is 6.04 Å². The molecule has 0 aromatic heterocycles. The summed E-state index contributed by atoms with van der Waals surface area (Å²) < 4.78 is 53.9. The predicted molar refractivity (Wildman–Crippen MR) is 57.8 cm³/mol. The Labute approximate surface area is 102 Å². The lowest BCUT2D eigenvalue weighted by Gasteiger charge is -2.15. The minimum Gasteiger partial charge on any atom is -0.494 e. The van der Waals surface area contributed by atoms with Crippen molar-refractivity contribution in [1.82, 2.24) is 0 Å². The molecule has 1 atom stereocenters. The van der Waals surface area contributed by atoms with Crippen molar-refractivity contribution in [3.8, 4) is 5.75 Å². The third kappa shape index (κ3) is 4.79. The Morgan fingerprint density at radius 2 is 1.94 bits per heavy atom. The molecule has 0 saturated carbocycles. The van der Waals surface area contributed by atoms with Crippen LogP contribution in [0.1, 0.15) is 18.0 Å². The fraction of sp³-hybridized carbons (Fsp3) is 0.400. The smallest absolute Gasteiger partial charge is 0.390 e. The molecule has 98 valence electrons. The number of alkyl halides is 3. The number of nitrogens with two attached hydrogens (primary N) is 1. The summed E-state index contributed by atoms with van der Waals surface area (Å²) in [5.41, 5.74) is 5.41. The van der Waals surface area contributed by atoms with Crippen LogP contribution >= 0.6 is 12.4 Å². The van der Waals surface area contributed by atoms with E-state index in [1.54, 1.807) is 0 Å². The zero-order valence-corrected chi connectivity index (χ0v) is 9.74. The normalized spacial score (nSPS) is 12.8. The Balaban J connectivity index is 0.00000256. The molecular formula is C10H12ClF4NO. The van der Waals surface area contributed by atoms with E-state index < -0.39 is 24.5 Å². The van der Waals surface area contributed by atoms with E-state index in [2.05, 4.69) is 4.74 Å². The van der Waals surface area contributed by atoms with E-state index in [0.29, 0.717) is 0 Å². The molecule has 0 aliphatic heterocycles. The van der Waals surface area contributed by atoms with Crippen molar-refractivity contribution < 1.29 is 22.3 Å². The van der Waals surface area contributed by atoms with Crippen molar-refractivity contribution in [2.75, 3.05) is 7.11 Å². The standard InChI is InChI=1S/C10H11F4NO.ClH/c1-16-9-3-2-6(4-7(9)11)8(15)5-10(12,13)14;/h2-4,8H,5,15H2,1H3;1H/t8-;/m1./s1. The van der Waals surface area contributed by atoms with E-state index in [-0.39, 0.29) is 23.7 Å². The summed E-state index contributed by atoms with van der Waals surface area (Å²) >= 11 is 0. The minimum absolute atomic E-state index is 0. The lowest BCUT2D eigenvalue weighted by Crippen LogP contribution is -2.20. The molecule has 0 saturated heterocycles. The summed E-state index contributed by atoms with van der Waals surface area (Å²) in [6, 6.07) is 2.26. The van der Waals surface area contributed by atoms with Gasteiger partial charge in [0.15, 0.2) is 11.6 Å². The van der Waals surface area contributed by atoms with Crippen LogP contribution in [0.3, 0.4) is 0 Å². The van der Waals surface area contributed by atoms with Crippen LogP contribution in [0, 0.1) is 5.82 Å². The summed E-state index contributed by atoms with van der Waals surface area (Å²) in [4.78, 5) is 0. The van der Waals surface area contributed by atoms with E-state index in [9.17, 15) is 17.6 Å². The SMILES string of the molecule is COc1ccc([C@H](N)CC(F)(F)F)cc1F.Cl. The first-order chi connectivity index (χ1) is 7.33. The van der Waals surface area contributed by atoms with Gasteiger partial charge in [-0.2, -0.15) is 13.2 Å². The fourth-order valence-electron chi connectivity index (χ4n) is 1.28. The van der Waals surface area contributed by atoms with Crippen molar-refractivity contribution in [2.24, 2.45) is 5.73 Å². The Bertz CT molecular complexity index is 370. The van der Waals surface area contributed by atoms with E-state index in [1.807, 2.05) is 0 Å². The summed E-state index contributed by atoms with van der Waals surface area (Å²) in [5.74, 6) is -0.749. The molecule has 0 spiro atoms. The molecule has 2 nitrogen and oxygen atoms in total. The van der Waals surface area contributed by atoms with Gasteiger partial charge in [-0.05, 0) is 17.7 Å². The highest BCUT2D eigenvalue weighted by Gasteiger charge is 2.31. The second-order valence-corrected chi connectivity index (χ2v) is 3.32. The van der Waals surface area contributed by atoms with Crippen molar-refractivity contribution >= 4 is 12.4 Å². The monoisotopic (exact) mass is 273 g/mol. The average molecular weight is 274 g/mol. The van der Waals surface area contributed by atoms with Gasteiger partial charge >= 0.3 is 6.18 Å². The number of rotatable bonds is 3. The molecule has 0 heterocycles. The Kier molecular flexibility index (Phi) is 5.71. The molecule has 1 aromatic rings.